The van der Waals surface area contributed by atoms with Gasteiger partial charge in [-0.05, 0) is 44.4 Å². The minimum absolute atomic E-state index is 0.0399. The number of piperidine rings is 1. The van der Waals surface area contributed by atoms with Crippen molar-refractivity contribution in [3.63, 3.8) is 0 Å². The molecule has 1 aliphatic heterocycles. The standard InChI is InChI=1S/C13H28N2O3S/c1-11(2)6-7-12(3)14-19(17,18)15-8-4-5-13(9-15)10-16/h11-14,16H,4-10H2,1-3H3. The Kier molecular flexibility index (Phi) is 6.73. The smallest absolute Gasteiger partial charge is 0.279 e. The Morgan fingerprint density at radius 1 is 1.32 bits per heavy atom. The molecule has 0 aromatic rings. The van der Waals surface area contributed by atoms with Gasteiger partial charge in [0.25, 0.3) is 10.2 Å². The molecule has 1 heterocycles. The maximum absolute atomic E-state index is 12.2. The fraction of sp³-hybridized carbons (Fsp3) is 1.00. The van der Waals surface area contributed by atoms with E-state index in [2.05, 4.69) is 18.6 Å². The van der Waals surface area contributed by atoms with Crippen molar-refractivity contribution >= 4 is 10.2 Å². The van der Waals surface area contributed by atoms with E-state index >= 15 is 0 Å². The van der Waals surface area contributed by atoms with Crippen molar-refractivity contribution in [3.05, 3.63) is 0 Å². The summed E-state index contributed by atoms with van der Waals surface area (Å²) in [4.78, 5) is 0. The van der Waals surface area contributed by atoms with E-state index in [1.54, 1.807) is 0 Å². The molecule has 19 heavy (non-hydrogen) atoms. The van der Waals surface area contributed by atoms with Gasteiger partial charge >= 0.3 is 0 Å². The molecule has 0 aromatic heterocycles. The predicted molar refractivity (Wildman–Crippen MR) is 77.0 cm³/mol. The van der Waals surface area contributed by atoms with E-state index in [1.807, 2.05) is 6.92 Å². The Hall–Kier alpha value is -0.170. The molecule has 6 heteroatoms. The molecule has 1 rings (SSSR count). The molecule has 2 atom stereocenters. The molecule has 0 spiro atoms. The zero-order chi connectivity index (χ0) is 14.5. The third-order valence-electron chi connectivity index (χ3n) is 3.61. The second kappa shape index (κ2) is 7.57. The third kappa shape index (κ3) is 5.77. The zero-order valence-electron chi connectivity index (χ0n) is 12.3. The largest absolute Gasteiger partial charge is 0.396 e. The lowest BCUT2D eigenvalue weighted by atomic mass is 10.0. The van der Waals surface area contributed by atoms with Crippen molar-refractivity contribution in [2.24, 2.45) is 11.8 Å². The average Bonchev–Trinajstić information content (AvgIpc) is 2.36. The Morgan fingerprint density at radius 3 is 2.58 bits per heavy atom. The van der Waals surface area contributed by atoms with Crippen molar-refractivity contribution in [2.75, 3.05) is 19.7 Å². The zero-order valence-corrected chi connectivity index (χ0v) is 13.1. The Bertz CT molecular complexity index is 357. The molecule has 0 radical (unpaired) electrons. The van der Waals surface area contributed by atoms with E-state index < -0.39 is 10.2 Å². The maximum Gasteiger partial charge on any atom is 0.279 e. The Balaban J connectivity index is 2.50. The molecule has 2 N–H and O–H groups in total. The van der Waals surface area contributed by atoms with E-state index in [4.69, 9.17) is 5.11 Å². The molecule has 114 valence electrons. The van der Waals surface area contributed by atoms with Crippen LogP contribution in [0.25, 0.3) is 0 Å². The summed E-state index contributed by atoms with van der Waals surface area (Å²) in [6, 6.07) is -0.0399. The SMILES string of the molecule is CC(C)CCC(C)NS(=O)(=O)N1CCCC(CO)C1. The summed E-state index contributed by atoms with van der Waals surface area (Å²) >= 11 is 0. The fourth-order valence-electron chi connectivity index (χ4n) is 2.37. The molecule has 1 saturated heterocycles. The van der Waals surface area contributed by atoms with Gasteiger partial charge in [-0.2, -0.15) is 17.4 Å². The van der Waals surface area contributed by atoms with Gasteiger partial charge in [-0.15, -0.1) is 0 Å². The van der Waals surface area contributed by atoms with E-state index in [9.17, 15) is 8.42 Å². The number of rotatable bonds is 7. The van der Waals surface area contributed by atoms with Crippen LogP contribution < -0.4 is 4.72 Å². The van der Waals surface area contributed by atoms with E-state index in [-0.39, 0.29) is 18.6 Å². The van der Waals surface area contributed by atoms with Gasteiger partial charge in [0.2, 0.25) is 0 Å². The van der Waals surface area contributed by atoms with Crippen LogP contribution in [0.15, 0.2) is 0 Å². The van der Waals surface area contributed by atoms with Crippen LogP contribution >= 0.6 is 0 Å². The minimum Gasteiger partial charge on any atom is -0.396 e. The van der Waals surface area contributed by atoms with Crippen LogP contribution in [-0.2, 0) is 10.2 Å². The summed E-state index contributed by atoms with van der Waals surface area (Å²) in [6.45, 7) is 7.24. The highest BCUT2D eigenvalue weighted by Crippen LogP contribution is 2.18. The molecule has 0 amide bonds. The van der Waals surface area contributed by atoms with Crippen molar-refractivity contribution in [3.8, 4) is 0 Å². The highest BCUT2D eigenvalue weighted by molar-refractivity contribution is 7.87. The highest BCUT2D eigenvalue weighted by atomic mass is 32.2. The first-order chi connectivity index (χ1) is 8.85. The topological polar surface area (TPSA) is 69.6 Å². The summed E-state index contributed by atoms with van der Waals surface area (Å²) in [6.07, 6.45) is 3.61. The number of nitrogens with one attached hydrogen (secondary N) is 1. The van der Waals surface area contributed by atoms with Crippen LogP contribution in [0.2, 0.25) is 0 Å². The molecule has 0 aliphatic carbocycles. The van der Waals surface area contributed by atoms with Crippen LogP contribution in [0, 0.1) is 11.8 Å². The van der Waals surface area contributed by atoms with Crippen LogP contribution in [-0.4, -0.2) is 43.6 Å². The third-order valence-corrected chi connectivity index (χ3v) is 5.32. The van der Waals surface area contributed by atoms with Gasteiger partial charge in [0.15, 0.2) is 0 Å². The van der Waals surface area contributed by atoms with Crippen molar-refractivity contribution in [1.29, 1.82) is 0 Å². The normalized spacial score (nSPS) is 23.7. The predicted octanol–water partition coefficient (Wildman–Crippen LogP) is 1.35. The van der Waals surface area contributed by atoms with Crippen molar-refractivity contribution in [2.45, 2.75) is 52.5 Å². The first-order valence-electron chi connectivity index (χ1n) is 7.23. The quantitative estimate of drug-likeness (QED) is 0.744. The molecule has 1 fully saturated rings. The molecule has 1 aliphatic rings. The fourth-order valence-corrected chi connectivity index (χ4v) is 3.92. The van der Waals surface area contributed by atoms with Crippen LogP contribution in [0.4, 0.5) is 0 Å². The van der Waals surface area contributed by atoms with Gasteiger partial charge in [0.05, 0.1) is 0 Å². The molecule has 0 aromatic carbocycles. The van der Waals surface area contributed by atoms with Crippen LogP contribution in [0.3, 0.4) is 0 Å². The summed E-state index contributed by atoms with van der Waals surface area (Å²) in [5.41, 5.74) is 0. The van der Waals surface area contributed by atoms with E-state index in [0.29, 0.717) is 19.0 Å². The molecule has 0 bridgehead atoms. The van der Waals surface area contributed by atoms with E-state index in [1.165, 1.54) is 4.31 Å². The monoisotopic (exact) mass is 292 g/mol. The first kappa shape index (κ1) is 16.9. The van der Waals surface area contributed by atoms with Gasteiger partial charge in [0.1, 0.15) is 0 Å². The van der Waals surface area contributed by atoms with Gasteiger partial charge in [0, 0.05) is 25.7 Å². The molecule has 0 saturated carbocycles. The lowest BCUT2D eigenvalue weighted by Crippen LogP contribution is -2.48. The second-order valence-electron chi connectivity index (χ2n) is 6.04. The lowest BCUT2D eigenvalue weighted by Gasteiger charge is -2.32. The van der Waals surface area contributed by atoms with Crippen molar-refractivity contribution in [1.82, 2.24) is 9.03 Å². The summed E-state index contributed by atoms with van der Waals surface area (Å²) in [5.74, 6) is 0.664. The Morgan fingerprint density at radius 2 is 2.00 bits per heavy atom. The summed E-state index contributed by atoms with van der Waals surface area (Å²) in [5, 5.41) is 9.16. The van der Waals surface area contributed by atoms with Gasteiger partial charge in [-0.1, -0.05) is 13.8 Å². The van der Waals surface area contributed by atoms with Crippen LogP contribution in [0.5, 0.6) is 0 Å². The van der Waals surface area contributed by atoms with Crippen LogP contribution in [0.1, 0.15) is 46.5 Å². The molecular formula is C13H28N2O3S. The van der Waals surface area contributed by atoms with Crippen molar-refractivity contribution < 1.29 is 13.5 Å². The molecular weight excluding hydrogens is 264 g/mol. The number of aliphatic hydroxyl groups is 1. The number of nitrogens with zero attached hydrogens (tertiary/aromatic N) is 1. The molecule has 2 unspecified atom stereocenters. The minimum atomic E-state index is -3.40. The summed E-state index contributed by atoms with van der Waals surface area (Å²) < 4.78 is 28.7. The second-order valence-corrected chi connectivity index (χ2v) is 7.75. The molecule has 5 nitrogen and oxygen atoms in total. The van der Waals surface area contributed by atoms with Gasteiger partial charge in [-0.25, -0.2) is 0 Å². The average molecular weight is 292 g/mol. The van der Waals surface area contributed by atoms with Gasteiger partial charge < -0.3 is 5.11 Å². The Labute approximate surface area is 117 Å². The number of hydrogen-bond donors (Lipinski definition) is 2. The maximum atomic E-state index is 12.2. The van der Waals surface area contributed by atoms with E-state index in [0.717, 1.165) is 25.7 Å². The summed E-state index contributed by atoms with van der Waals surface area (Å²) in [7, 11) is -3.40. The van der Waals surface area contributed by atoms with Gasteiger partial charge in [-0.3, -0.25) is 0 Å². The first-order valence-corrected chi connectivity index (χ1v) is 8.67. The highest BCUT2D eigenvalue weighted by Gasteiger charge is 2.29. The number of aliphatic hydroxyl groups excluding tert-OH is 1. The lowest BCUT2D eigenvalue weighted by molar-refractivity contribution is 0.164. The number of hydrogen-bond acceptors (Lipinski definition) is 3.